The number of benzene rings is 1. The van der Waals surface area contributed by atoms with Crippen molar-refractivity contribution in [3.8, 4) is 11.4 Å². The third-order valence-electron chi connectivity index (χ3n) is 4.97. The maximum Gasteiger partial charge on any atom is 0.247 e. The van der Waals surface area contributed by atoms with E-state index in [1.807, 2.05) is 19.1 Å². The number of hydrogen-bond acceptors (Lipinski definition) is 5. The molecule has 0 saturated carbocycles. The SMILES string of the molecule is CCCN1CCC(NC(=O)C(CC)n2nnc(-c3ccc(Cl)cc3)n2)CC1. The van der Waals surface area contributed by atoms with Crippen LogP contribution in [0.2, 0.25) is 5.02 Å². The minimum absolute atomic E-state index is 0.0357. The van der Waals surface area contributed by atoms with Crippen LogP contribution in [0.25, 0.3) is 11.4 Å². The fraction of sp³-hybridized carbons (Fsp3) is 0.579. The first-order valence-corrected chi connectivity index (χ1v) is 10.1. The molecule has 8 heteroatoms. The van der Waals surface area contributed by atoms with Crippen LogP contribution in [0, 0.1) is 0 Å². The van der Waals surface area contributed by atoms with E-state index >= 15 is 0 Å². The van der Waals surface area contributed by atoms with Gasteiger partial charge in [-0.2, -0.15) is 4.80 Å². The molecule has 0 aliphatic carbocycles. The number of nitrogens with one attached hydrogen (secondary N) is 1. The van der Waals surface area contributed by atoms with E-state index in [0.717, 1.165) is 38.0 Å². The molecular formula is C19H27ClN6O. The Labute approximate surface area is 165 Å². The Balaban J connectivity index is 1.61. The highest BCUT2D eigenvalue weighted by molar-refractivity contribution is 6.30. The van der Waals surface area contributed by atoms with E-state index in [0.29, 0.717) is 17.3 Å². The van der Waals surface area contributed by atoms with Gasteiger partial charge in [0.1, 0.15) is 0 Å². The van der Waals surface area contributed by atoms with E-state index in [1.54, 1.807) is 12.1 Å². The average molecular weight is 391 g/mol. The van der Waals surface area contributed by atoms with Crippen molar-refractivity contribution in [3.05, 3.63) is 29.3 Å². The molecule has 1 atom stereocenters. The van der Waals surface area contributed by atoms with Crippen molar-refractivity contribution in [1.82, 2.24) is 30.4 Å². The number of carbonyl (C=O) groups is 1. The number of amides is 1. The summed E-state index contributed by atoms with van der Waals surface area (Å²) >= 11 is 5.92. The zero-order valence-corrected chi connectivity index (χ0v) is 16.7. The van der Waals surface area contributed by atoms with Crippen LogP contribution in [0.15, 0.2) is 24.3 Å². The van der Waals surface area contributed by atoms with Gasteiger partial charge in [0.15, 0.2) is 6.04 Å². The molecule has 1 amide bonds. The van der Waals surface area contributed by atoms with Crippen LogP contribution >= 0.6 is 11.6 Å². The number of carbonyl (C=O) groups excluding carboxylic acids is 1. The van der Waals surface area contributed by atoms with Gasteiger partial charge in [-0.3, -0.25) is 4.79 Å². The normalized spacial score (nSPS) is 17.0. The molecule has 1 unspecified atom stereocenters. The molecule has 2 heterocycles. The fourth-order valence-corrected chi connectivity index (χ4v) is 3.57. The number of likely N-dealkylation sites (tertiary alicyclic amines) is 1. The molecule has 0 spiro atoms. The van der Waals surface area contributed by atoms with Gasteiger partial charge in [0.2, 0.25) is 11.7 Å². The van der Waals surface area contributed by atoms with Gasteiger partial charge in [0.25, 0.3) is 0 Å². The summed E-state index contributed by atoms with van der Waals surface area (Å²) in [7, 11) is 0. The molecule has 0 bridgehead atoms. The number of piperidine rings is 1. The van der Waals surface area contributed by atoms with Gasteiger partial charge in [-0.05, 0) is 61.7 Å². The molecular weight excluding hydrogens is 364 g/mol. The van der Waals surface area contributed by atoms with E-state index in [4.69, 9.17) is 11.6 Å². The molecule has 1 aromatic heterocycles. The lowest BCUT2D eigenvalue weighted by Gasteiger charge is -2.32. The van der Waals surface area contributed by atoms with E-state index in [2.05, 4.69) is 32.6 Å². The number of rotatable bonds is 7. The van der Waals surface area contributed by atoms with Crippen molar-refractivity contribution in [3.63, 3.8) is 0 Å². The zero-order valence-electron chi connectivity index (χ0n) is 15.9. The van der Waals surface area contributed by atoms with Crippen molar-refractivity contribution in [1.29, 1.82) is 0 Å². The second-order valence-corrected chi connectivity index (χ2v) is 7.43. The van der Waals surface area contributed by atoms with Crippen molar-refractivity contribution >= 4 is 17.5 Å². The van der Waals surface area contributed by atoms with Crippen molar-refractivity contribution in [2.75, 3.05) is 19.6 Å². The maximum atomic E-state index is 12.8. The summed E-state index contributed by atoms with van der Waals surface area (Å²) in [4.78, 5) is 16.6. The van der Waals surface area contributed by atoms with Crippen LogP contribution in [-0.4, -0.2) is 56.7 Å². The van der Waals surface area contributed by atoms with E-state index in [-0.39, 0.29) is 11.9 Å². The Morgan fingerprint density at radius 1 is 1.26 bits per heavy atom. The lowest BCUT2D eigenvalue weighted by atomic mass is 10.0. The molecule has 1 aromatic carbocycles. The van der Waals surface area contributed by atoms with Gasteiger partial charge < -0.3 is 10.2 Å². The fourth-order valence-electron chi connectivity index (χ4n) is 3.44. The van der Waals surface area contributed by atoms with Crippen molar-refractivity contribution in [2.45, 2.75) is 51.6 Å². The minimum Gasteiger partial charge on any atom is -0.351 e. The van der Waals surface area contributed by atoms with E-state index in [1.165, 1.54) is 11.2 Å². The second kappa shape index (κ2) is 9.28. The second-order valence-electron chi connectivity index (χ2n) is 6.99. The minimum atomic E-state index is -0.452. The van der Waals surface area contributed by atoms with Crippen LogP contribution in [0.1, 0.15) is 45.6 Å². The highest BCUT2D eigenvalue weighted by Gasteiger charge is 2.26. The summed E-state index contributed by atoms with van der Waals surface area (Å²) in [6, 6.07) is 7.02. The van der Waals surface area contributed by atoms with Gasteiger partial charge in [-0.25, -0.2) is 0 Å². The first-order chi connectivity index (χ1) is 13.1. The lowest BCUT2D eigenvalue weighted by Crippen LogP contribution is -2.46. The number of nitrogens with zero attached hydrogens (tertiary/aromatic N) is 5. The number of aromatic nitrogens is 4. The van der Waals surface area contributed by atoms with Crippen molar-refractivity contribution in [2.24, 2.45) is 0 Å². The van der Waals surface area contributed by atoms with Gasteiger partial charge in [0, 0.05) is 29.7 Å². The van der Waals surface area contributed by atoms with Crippen LogP contribution in [0.4, 0.5) is 0 Å². The molecule has 1 saturated heterocycles. The Kier molecular flexibility index (Phi) is 6.79. The monoisotopic (exact) mass is 390 g/mol. The molecule has 1 aliphatic heterocycles. The van der Waals surface area contributed by atoms with E-state index in [9.17, 15) is 4.79 Å². The molecule has 27 heavy (non-hydrogen) atoms. The van der Waals surface area contributed by atoms with Crippen LogP contribution in [0.3, 0.4) is 0 Å². The largest absolute Gasteiger partial charge is 0.351 e. The predicted octanol–water partition coefficient (Wildman–Crippen LogP) is 2.94. The average Bonchev–Trinajstić information content (AvgIpc) is 3.14. The van der Waals surface area contributed by atoms with Gasteiger partial charge >= 0.3 is 0 Å². The third-order valence-corrected chi connectivity index (χ3v) is 5.22. The topological polar surface area (TPSA) is 75.9 Å². The van der Waals surface area contributed by atoms with Gasteiger partial charge in [-0.1, -0.05) is 25.4 Å². The Morgan fingerprint density at radius 3 is 2.59 bits per heavy atom. The molecule has 2 aromatic rings. The van der Waals surface area contributed by atoms with Gasteiger partial charge in [0.05, 0.1) is 0 Å². The Bertz CT molecular complexity index is 739. The number of hydrogen-bond donors (Lipinski definition) is 1. The molecule has 0 radical (unpaired) electrons. The number of halogens is 1. The van der Waals surface area contributed by atoms with Gasteiger partial charge in [-0.15, -0.1) is 10.2 Å². The summed E-state index contributed by atoms with van der Waals surface area (Å²) < 4.78 is 0. The zero-order chi connectivity index (χ0) is 19.2. The van der Waals surface area contributed by atoms with Crippen molar-refractivity contribution < 1.29 is 4.79 Å². The van der Waals surface area contributed by atoms with Crippen LogP contribution < -0.4 is 5.32 Å². The molecule has 1 aliphatic rings. The summed E-state index contributed by atoms with van der Waals surface area (Å²) in [6.07, 6.45) is 3.76. The van der Waals surface area contributed by atoms with E-state index < -0.39 is 6.04 Å². The molecule has 3 rings (SSSR count). The summed E-state index contributed by atoms with van der Waals surface area (Å²) in [5.74, 6) is 0.456. The summed E-state index contributed by atoms with van der Waals surface area (Å²) in [5, 5.41) is 16.5. The first-order valence-electron chi connectivity index (χ1n) is 9.68. The standard InChI is InChI=1S/C19H27ClN6O/c1-3-11-25-12-9-16(10-13-25)21-19(27)17(4-2)26-23-18(22-24-26)14-5-7-15(20)8-6-14/h5-8,16-17H,3-4,9-13H2,1-2H3,(H,21,27). The number of tetrazole rings is 1. The third kappa shape index (κ3) is 5.05. The lowest BCUT2D eigenvalue weighted by molar-refractivity contribution is -0.126. The predicted molar refractivity (Wildman–Crippen MR) is 105 cm³/mol. The first kappa shape index (κ1) is 19.8. The molecule has 1 N–H and O–H groups in total. The smallest absolute Gasteiger partial charge is 0.247 e. The Hall–Kier alpha value is -1.99. The maximum absolute atomic E-state index is 12.8. The molecule has 146 valence electrons. The van der Waals surface area contributed by atoms with Crippen LogP contribution in [0.5, 0.6) is 0 Å². The summed E-state index contributed by atoms with van der Waals surface area (Å²) in [5.41, 5.74) is 0.823. The Morgan fingerprint density at radius 2 is 1.96 bits per heavy atom. The quantitative estimate of drug-likeness (QED) is 0.786. The molecule has 1 fully saturated rings. The highest BCUT2D eigenvalue weighted by Crippen LogP contribution is 2.19. The molecule has 7 nitrogen and oxygen atoms in total. The highest BCUT2D eigenvalue weighted by atomic mass is 35.5. The summed E-state index contributed by atoms with van der Waals surface area (Å²) in [6.45, 7) is 7.37. The van der Waals surface area contributed by atoms with Crippen LogP contribution in [-0.2, 0) is 4.79 Å².